The molecule has 6 heteroatoms. The SMILES string of the molecule is CCCCn1c(-c2csc(-c3ccccc3)n2)cc(C(=O)NCCOC)c1C. The van der Waals surface area contributed by atoms with Crippen molar-refractivity contribution < 1.29 is 9.53 Å². The molecule has 5 nitrogen and oxygen atoms in total. The second-order valence-electron chi connectivity index (χ2n) is 6.69. The Hall–Kier alpha value is -2.44. The van der Waals surface area contributed by atoms with Gasteiger partial charge in [-0.05, 0) is 19.4 Å². The molecule has 2 aromatic heterocycles. The van der Waals surface area contributed by atoms with Gasteiger partial charge >= 0.3 is 0 Å². The Kier molecular flexibility index (Phi) is 7.01. The molecule has 0 unspecified atom stereocenters. The van der Waals surface area contributed by atoms with Crippen molar-refractivity contribution >= 4 is 17.2 Å². The summed E-state index contributed by atoms with van der Waals surface area (Å²) in [5, 5.41) is 5.99. The van der Waals surface area contributed by atoms with Crippen LogP contribution in [0.2, 0.25) is 0 Å². The van der Waals surface area contributed by atoms with Crippen molar-refractivity contribution in [3.05, 3.63) is 53.0 Å². The number of aromatic nitrogens is 2. The summed E-state index contributed by atoms with van der Waals surface area (Å²) in [6, 6.07) is 12.2. The van der Waals surface area contributed by atoms with E-state index in [1.54, 1.807) is 18.4 Å². The number of nitrogens with zero attached hydrogens (tertiary/aromatic N) is 2. The molecular weight excluding hydrogens is 370 g/mol. The first-order chi connectivity index (χ1) is 13.7. The van der Waals surface area contributed by atoms with Crippen LogP contribution in [0.15, 0.2) is 41.8 Å². The first-order valence-electron chi connectivity index (χ1n) is 9.64. The van der Waals surface area contributed by atoms with E-state index >= 15 is 0 Å². The number of methoxy groups -OCH3 is 1. The molecule has 0 saturated heterocycles. The standard InChI is InChI=1S/C22H27N3O2S/c1-4-5-12-25-16(2)18(21(26)23-11-13-27-3)14-20(25)19-15-28-22(24-19)17-9-7-6-8-10-17/h6-10,14-15H,4-5,11-13H2,1-3H3,(H,23,26). The van der Waals surface area contributed by atoms with Gasteiger partial charge in [-0.3, -0.25) is 4.79 Å². The van der Waals surface area contributed by atoms with E-state index < -0.39 is 0 Å². The maximum Gasteiger partial charge on any atom is 0.253 e. The van der Waals surface area contributed by atoms with Crippen molar-refractivity contribution in [3.8, 4) is 22.0 Å². The number of hydrogen-bond acceptors (Lipinski definition) is 4. The van der Waals surface area contributed by atoms with E-state index in [1.807, 2.05) is 31.2 Å². The zero-order valence-electron chi connectivity index (χ0n) is 16.7. The lowest BCUT2D eigenvalue weighted by Gasteiger charge is -2.10. The molecule has 3 aromatic rings. The molecule has 0 spiro atoms. The zero-order valence-corrected chi connectivity index (χ0v) is 17.5. The summed E-state index contributed by atoms with van der Waals surface area (Å²) < 4.78 is 7.25. The molecule has 28 heavy (non-hydrogen) atoms. The molecule has 0 saturated carbocycles. The van der Waals surface area contributed by atoms with E-state index in [-0.39, 0.29) is 5.91 Å². The smallest absolute Gasteiger partial charge is 0.253 e. The molecule has 1 amide bonds. The summed E-state index contributed by atoms with van der Waals surface area (Å²) in [7, 11) is 1.63. The summed E-state index contributed by atoms with van der Waals surface area (Å²) >= 11 is 1.63. The maximum atomic E-state index is 12.6. The summed E-state index contributed by atoms with van der Waals surface area (Å²) in [4.78, 5) is 17.5. The average molecular weight is 398 g/mol. The van der Waals surface area contributed by atoms with Crippen molar-refractivity contribution in [1.29, 1.82) is 0 Å². The number of unbranched alkanes of at least 4 members (excludes halogenated alkanes) is 1. The predicted octanol–water partition coefficient (Wildman–Crippen LogP) is 4.76. The minimum absolute atomic E-state index is 0.0652. The van der Waals surface area contributed by atoms with Crippen LogP contribution in [-0.2, 0) is 11.3 Å². The third-order valence-corrected chi connectivity index (χ3v) is 5.62. The normalized spacial score (nSPS) is 11.0. The molecule has 1 aromatic carbocycles. The molecule has 0 aliphatic heterocycles. The molecule has 0 fully saturated rings. The van der Waals surface area contributed by atoms with Crippen LogP contribution in [-0.4, -0.2) is 35.7 Å². The first kappa shape index (κ1) is 20.3. The highest BCUT2D eigenvalue weighted by atomic mass is 32.1. The molecule has 1 N–H and O–H groups in total. The number of carbonyl (C=O) groups excluding carboxylic acids is 1. The van der Waals surface area contributed by atoms with Crippen LogP contribution in [0, 0.1) is 6.92 Å². The van der Waals surface area contributed by atoms with Crippen LogP contribution in [0.5, 0.6) is 0 Å². The van der Waals surface area contributed by atoms with Crippen molar-refractivity contribution in [2.24, 2.45) is 0 Å². The summed E-state index contributed by atoms with van der Waals surface area (Å²) in [5.41, 5.74) is 4.71. The molecule has 0 bridgehead atoms. The van der Waals surface area contributed by atoms with E-state index in [0.29, 0.717) is 18.7 Å². The van der Waals surface area contributed by atoms with Crippen LogP contribution in [0.3, 0.4) is 0 Å². The highest BCUT2D eigenvalue weighted by Gasteiger charge is 2.20. The predicted molar refractivity (Wildman–Crippen MR) is 115 cm³/mol. The second-order valence-corrected chi connectivity index (χ2v) is 7.54. The Morgan fingerprint density at radius 2 is 2.07 bits per heavy atom. The van der Waals surface area contributed by atoms with Gasteiger partial charge < -0.3 is 14.6 Å². The van der Waals surface area contributed by atoms with Crippen LogP contribution in [0.25, 0.3) is 22.0 Å². The van der Waals surface area contributed by atoms with Crippen LogP contribution in [0.4, 0.5) is 0 Å². The van der Waals surface area contributed by atoms with Gasteiger partial charge in [0, 0.05) is 36.8 Å². The van der Waals surface area contributed by atoms with Gasteiger partial charge in [-0.1, -0.05) is 43.7 Å². The fourth-order valence-electron chi connectivity index (χ4n) is 3.16. The Morgan fingerprint density at radius 3 is 2.79 bits per heavy atom. The van der Waals surface area contributed by atoms with Gasteiger partial charge in [0.2, 0.25) is 0 Å². The van der Waals surface area contributed by atoms with Crippen molar-refractivity contribution in [1.82, 2.24) is 14.9 Å². The van der Waals surface area contributed by atoms with Gasteiger partial charge in [-0.2, -0.15) is 0 Å². The molecular formula is C22H27N3O2S. The van der Waals surface area contributed by atoms with Gasteiger partial charge in [0.25, 0.3) is 5.91 Å². The highest BCUT2D eigenvalue weighted by Crippen LogP contribution is 2.31. The third-order valence-electron chi connectivity index (χ3n) is 4.73. The number of rotatable bonds is 9. The summed E-state index contributed by atoms with van der Waals surface area (Å²) in [6.07, 6.45) is 2.15. The van der Waals surface area contributed by atoms with Gasteiger partial charge in [0.15, 0.2) is 0 Å². The fraction of sp³-hybridized carbons (Fsp3) is 0.364. The molecule has 148 valence electrons. The first-order valence-corrected chi connectivity index (χ1v) is 10.5. The lowest BCUT2D eigenvalue weighted by molar-refractivity contribution is 0.0936. The van der Waals surface area contributed by atoms with Crippen LogP contribution >= 0.6 is 11.3 Å². The summed E-state index contributed by atoms with van der Waals surface area (Å²) in [6.45, 7) is 6.06. The van der Waals surface area contributed by atoms with Gasteiger partial charge in [-0.25, -0.2) is 4.98 Å². The number of amides is 1. The molecule has 2 heterocycles. The minimum atomic E-state index is -0.0652. The Balaban J connectivity index is 1.94. The quantitative estimate of drug-likeness (QED) is 0.530. The van der Waals surface area contributed by atoms with E-state index in [2.05, 4.69) is 34.3 Å². The molecule has 0 aliphatic rings. The number of hydrogen-bond donors (Lipinski definition) is 1. The fourth-order valence-corrected chi connectivity index (χ4v) is 3.98. The van der Waals surface area contributed by atoms with E-state index in [0.717, 1.165) is 47.0 Å². The zero-order chi connectivity index (χ0) is 19.9. The van der Waals surface area contributed by atoms with Crippen molar-refractivity contribution in [3.63, 3.8) is 0 Å². The van der Waals surface area contributed by atoms with E-state index in [9.17, 15) is 4.79 Å². The Bertz CT molecular complexity index is 915. The van der Waals surface area contributed by atoms with Crippen molar-refractivity contribution in [2.45, 2.75) is 33.2 Å². The molecule has 3 rings (SSSR count). The monoisotopic (exact) mass is 397 g/mol. The van der Waals surface area contributed by atoms with Gasteiger partial charge in [0.1, 0.15) is 5.01 Å². The molecule has 0 atom stereocenters. The average Bonchev–Trinajstić information content (AvgIpc) is 3.32. The van der Waals surface area contributed by atoms with Crippen LogP contribution in [0.1, 0.15) is 35.8 Å². The second kappa shape index (κ2) is 9.66. The molecule has 0 aliphatic carbocycles. The number of carbonyl (C=O) groups is 1. The summed E-state index contributed by atoms with van der Waals surface area (Å²) in [5.74, 6) is -0.0652. The lowest BCUT2D eigenvalue weighted by atomic mass is 10.2. The number of nitrogens with one attached hydrogen (secondary N) is 1. The lowest BCUT2D eigenvalue weighted by Crippen LogP contribution is -2.27. The Morgan fingerprint density at radius 1 is 1.29 bits per heavy atom. The Labute approximate surface area is 170 Å². The van der Waals surface area contributed by atoms with E-state index in [1.165, 1.54) is 0 Å². The number of thiazole rings is 1. The maximum absolute atomic E-state index is 12.6. The van der Waals surface area contributed by atoms with Crippen LogP contribution < -0.4 is 5.32 Å². The largest absolute Gasteiger partial charge is 0.383 e. The topological polar surface area (TPSA) is 56.2 Å². The van der Waals surface area contributed by atoms with Crippen molar-refractivity contribution in [2.75, 3.05) is 20.3 Å². The molecule has 0 radical (unpaired) electrons. The number of ether oxygens (including phenoxy) is 1. The third kappa shape index (κ3) is 4.51. The van der Waals surface area contributed by atoms with E-state index in [4.69, 9.17) is 9.72 Å². The highest BCUT2D eigenvalue weighted by molar-refractivity contribution is 7.13. The number of benzene rings is 1. The minimum Gasteiger partial charge on any atom is -0.383 e. The van der Waals surface area contributed by atoms with Gasteiger partial charge in [-0.15, -0.1) is 11.3 Å². The van der Waals surface area contributed by atoms with Gasteiger partial charge in [0.05, 0.1) is 23.6 Å².